The van der Waals surface area contributed by atoms with Gasteiger partial charge in [-0.1, -0.05) is 0 Å². The second kappa shape index (κ2) is 10.5. The van der Waals surface area contributed by atoms with E-state index in [2.05, 4.69) is 0 Å². The molecule has 19 heavy (non-hydrogen) atoms. The van der Waals surface area contributed by atoms with Crippen molar-refractivity contribution in [2.45, 2.75) is 25.0 Å². The summed E-state index contributed by atoms with van der Waals surface area (Å²) in [5, 5.41) is 9.22. The molecule has 6 nitrogen and oxygen atoms in total. The highest BCUT2D eigenvalue weighted by atomic mass is 16.6. The predicted molar refractivity (Wildman–Crippen MR) is 71.0 cm³/mol. The fraction of sp³-hybridized carbons (Fsp3) is 1.00. The van der Waals surface area contributed by atoms with E-state index in [1.54, 1.807) is 7.11 Å². The minimum Gasteiger partial charge on any atom is -0.394 e. The van der Waals surface area contributed by atoms with Crippen molar-refractivity contribution in [2.75, 3.05) is 53.4 Å². The van der Waals surface area contributed by atoms with E-state index in [4.69, 9.17) is 24.7 Å². The first-order chi connectivity index (χ1) is 9.29. The minimum absolute atomic E-state index is 0.0300. The fourth-order valence-electron chi connectivity index (χ4n) is 1.79. The third kappa shape index (κ3) is 7.81. The van der Waals surface area contributed by atoms with Crippen LogP contribution >= 0.6 is 0 Å². The molecule has 1 fully saturated rings. The third-order valence-corrected chi connectivity index (χ3v) is 3.14. The molecule has 0 aliphatic heterocycles. The van der Waals surface area contributed by atoms with E-state index in [1.807, 2.05) is 0 Å². The molecular formula is C13H27NO5. The van der Waals surface area contributed by atoms with Crippen LogP contribution in [0.2, 0.25) is 0 Å². The zero-order valence-corrected chi connectivity index (χ0v) is 11.8. The Labute approximate surface area is 115 Å². The van der Waals surface area contributed by atoms with E-state index in [0.29, 0.717) is 45.6 Å². The van der Waals surface area contributed by atoms with Crippen LogP contribution in [-0.4, -0.2) is 70.6 Å². The topological polar surface area (TPSA) is 83.2 Å². The molecule has 0 aromatic carbocycles. The van der Waals surface area contributed by atoms with Gasteiger partial charge in [-0.3, -0.25) is 0 Å². The van der Waals surface area contributed by atoms with E-state index >= 15 is 0 Å². The summed E-state index contributed by atoms with van der Waals surface area (Å²) >= 11 is 0. The molecule has 0 heterocycles. The van der Waals surface area contributed by atoms with Crippen molar-refractivity contribution in [1.29, 1.82) is 0 Å². The number of aliphatic hydroxyl groups is 1. The number of hydrogen-bond donors (Lipinski definition) is 2. The molecule has 1 aliphatic carbocycles. The molecule has 3 N–H and O–H groups in total. The molecule has 2 unspecified atom stereocenters. The van der Waals surface area contributed by atoms with E-state index in [-0.39, 0.29) is 18.8 Å². The van der Waals surface area contributed by atoms with Gasteiger partial charge >= 0.3 is 0 Å². The van der Waals surface area contributed by atoms with Crippen molar-refractivity contribution in [3.05, 3.63) is 0 Å². The summed E-state index contributed by atoms with van der Waals surface area (Å²) in [4.78, 5) is 0. The molecule has 6 heteroatoms. The van der Waals surface area contributed by atoms with Crippen molar-refractivity contribution in [1.82, 2.24) is 0 Å². The summed E-state index contributed by atoms with van der Waals surface area (Å²) in [6, 6.07) is -0.0534. The van der Waals surface area contributed by atoms with Crippen molar-refractivity contribution < 1.29 is 24.1 Å². The Balaban J connectivity index is 1.88. The van der Waals surface area contributed by atoms with Gasteiger partial charge in [0, 0.05) is 13.2 Å². The van der Waals surface area contributed by atoms with Crippen LogP contribution in [-0.2, 0) is 18.9 Å². The predicted octanol–water partition coefficient (Wildman–Crippen LogP) is -0.219. The highest BCUT2D eigenvalue weighted by Gasteiger charge is 2.34. The Bertz CT molecular complexity index is 213. The maximum Gasteiger partial charge on any atom is 0.0959 e. The minimum atomic E-state index is -0.269. The van der Waals surface area contributed by atoms with Gasteiger partial charge in [0.25, 0.3) is 0 Å². The number of nitrogens with two attached hydrogens (primary N) is 1. The van der Waals surface area contributed by atoms with Crippen LogP contribution in [0.4, 0.5) is 0 Å². The third-order valence-electron chi connectivity index (χ3n) is 3.14. The van der Waals surface area contributed by atoms with Crippen LogP contribution in [0.3, 0.4) is 0 Å². The highest BCUT2D eigenvalue weighted by molar-refractivity contribution is 4.89. The molecule has 1 saturated carbocycles. The Hall–Kier alpha value is -0.240. The Morgan fingerprint density at radius 2 is 1.63 bits per heavy atom. The van der Waals surface area contributed by atoms with E-state index in [0.717, 1.165) is 12.8 Å². The molecule has 1 aliphatic rings. The summed E-state index contributed by atoms with van der Waals surface area (Å²) in [5.41, 5.74) is 5.99. The fourth-order valence-corrected chi connectivity index (χ4v) is 1.79. The quantitative estimate of drug-likeness (QED) is 0.453. The number of rotatable bonds is 13. The molecule has 0 radical (unpaired) electrons. The summed E-state index contributed by atoms with van der Waals surface area (Å²) in [5.74, 6) is 0.521. The Kier molecular flexibility index (Phi) is 9.32. The lowest BCUT2D eigenvalue weighted by Gasteiger charge is -2.22. The van der Waals surface area contributed by atoms with Crippen molar-refractivity contribution in [3.8, 4) is 0 Å². The largest absolute Gasteiger partial charge is 0.394 e. The molecular weight excluding hydrogens is 250 g/mol. The first-order valence-electron chi connectivity index (χ1n) is 6.92. The molecule has 0 saturated heterocycles. The van der Waals surface area contributed by atoms with E-state index in [9.17, 15) is 5.11 Å². The smallest absolute Gasteiger partial charge is 0.0959 e. The monoisotopic (exact) mass is 277 g/mol. The Morgan fingerprint density at radius 3 is 2.16 bits per heavy atom. The van der Waals surface area contributed by atoms with Crippen LogP contribution in [0.25, 0.3) is 0 Å². The second-order valence-corrected chi connectivity index (χ2v) is 4.72. The lowest BCUT2D eigenvalue weighted by molar-refractivity contribution is -0.0418. The number of hydrogen-bond acceptors (Lipinski definition) is 6. The SMILES string of the molecule is COCCOCCOCCOC(CO)C(N)C1CC1. The molecule has 0 bridgehead atoms. The van der Waals surface area contributed by atoms with Gasteiger partial charge < -0.3 is 29.8 Å². The van der Waals surface area contributed by atoms with Crippen molar-refractivity contribution in [2.24, 2.45) is 11.7 Å². The van der Waals surface area contributed by atoms with Crippen LogP contribution in [0.5, 0.6) is 0 Å². The average molecular weight is 277 g/mol. The molecule has 0 amide bonds. The first-order valence-corrected chi connectivity index (χ1v) is 6.92. The zero-order chi connectivity index (χ0) is 13.9. The summed E-state index contributed by atoms with van der Waals surface area (Å²) in [7, 11) is 1.64. The van der Waals surface area contributed by atoms with Gasteiger partial charge in [0.1, 0.15) is 0 Å². The molecule has 1 rings (SSSR count). The van der Waals surface area contributed by atoms with E-state index in [1.165, 1.54) is 0 Å². The summed E-state index contributed by atoms with van der Waals surface area (Å²) in [6.45, 7) is 3.17. The van der Waals surface area contributed by atoms with Crippen molar-refractivity contribution in [3.63, 3.8) is 0 Å². The number of ether oxygens (including phenoxy) is 4. The van der Waals surface area contributed by atoms with Gasteiger partial charge in [0.2, 0.25) is 0 Å². The molecule has 2 atom stereocenters. The van der Waals surface area contributed by atoms with Gasteiger partial charge in [-0.05, 0) is 18.8 Å². The summed E-state index contributed by atoms with van der Waals surface area (Å²) < 4.78 is 21.0. The normalized spacial score (nSPS) is 18.5. The van der Waals surface area contributed by atoms with Crippen LogP contribution in [0.1, 0.15) is 12.8 Å². The zero-order valence-electron chi connectivity index (χ0n) is 11.8. The van der Waals surface area contributed by atoms with Crippen LogP contribution < -0.4 is 5.73 Å². The average Bonchev–Trinajstić information content (AvgIpc) is 3.25. The van der Waals surface area contributed by atoms with Crippen LogP contribution in [0, 0.1) is 5.92 Å². The Morgan fingerprint density at radius 1 is 1.05 bits per heavy atom. The van der Waals surface area contributed by atoms with Gasteiger partial charge in [0.05, 0.1) is 52.4 Å². The number of aliphatic hydroxyl groups excluding tert-OH is 1. The summed E-state index contributed by atoms with van der Waals surface area (Å²) in [6.07, 6.45) is 2.03. The molecule has 0 spiro atoms. The molecule has 0 aromatic heterocycles. The van der Waals surface area contributed by atoms with Crippen LogP contribution in [0.15, 0.2) is 0 Å². The van der Waals surface area contributed by atoms with E-state index < -0.39 is 0 Å². The number of methoxy groups -OCH3 is 1. The standard InChI is InChI=1S/C13H27NO5/c1-16-4-5-17-6-7-18-8-9-19-12(10-15)13(14)11-2-3-11/h11-13,15H,2-10,14H2,1H3. The van der Waals surface area contributed by atoms with Gasteiger partial charge in [-0.15, -0.1) is 0 Å². The second-order valence-electron chi connectivity index (χ2n) is 4.72. The highest BCUT2D eigenvalue weighted by Crippen LogP contribution is 2.33. The maximum absolute atomic E-state index is 9.22. The molecule has 114 valence electrons. The van der Waals surface area contributed by atoms with Gasteiger partial charge in [-0.2, -0.15) is 0 Å². The first kappa shape index (κ1) is 16.8. The lowest BCUT2D eigenvalue weighted by Crippen LogP contribution is -2.41. The maximum atomic E-state index is 9.22. The lowest BCUT2D eigenvalue weighted by atomic mass is 10.1. The molecule has 0 aromatic rings. The van der Waals surface area contributed by atoms with Crippen molar-refractivity contribution >= 4 is 0 Å². The van der Waals surface area contributed by atoms with Gasteiger partial charge in [0.15, 0.2) is 0 Å². The van der Waals surface area contributed by atoms with Gasteiger partial charge in [-0.25, -0.2) is 0 Å².